The van der Waals surface area contributed by atoms with Gasteiger partial charge in [-0.1, -0.05) is 0 Å². The predicted molar refractivity (Wildman–Crippen MR) is 74.6 cm³/mol. The van der Waals surface area contributed by atoms with Gasteiger partial charge in [-0.05, 0) is 18.7 Å². The number of nitrogens with two attached hydrogens (primary N) is 2. The zero-order valence-corrected chi connectivity index (χ0v) is 11.5. The van der Waals surface area contributed by atoms with Crippen molar-refractivity contribution in [3.05, 3.63) is 32.2 Å². The van der Waals surface area contributed by atoms with Crippen molar-refractivity contribution in [3.8, 4) is 0 Å². The van der Waals surface area contributed by atoms with Crippen LogP contribution in [0.5, 0.6) is 0 Å². The van der Waals surface area contributed by atoms with Gasteiger partial charge in [0.05, 0.1) is 4.92 Å². The molecule has 0 aliphatic heterocycles. The van der Waals surface area contributed by atoms with Crippen molar-refractivity contribution in [2.75, 3.05) is 11.2 Å². The van der Waals surface area contributed by atoms with Gasteiger partial charge in [0, 0.05) is 6.07 Å². The molecule has 2 heterocycles. The number of anilines is 2. The van der Waals surface area contributed by atoms with Crippen LogP contribution in [0, 0.1) is 17.0 Å². The lowest BCUT2D eigenvalue weighted by atomic mass is 10.4. The third kappa shape index (κ3) is 3.24. The van der Waals surface area contributed by atoms with Gasteiger partial charge in [-0.15, -0.1) is 0 Å². The molecule has 0 saturated heterocycles. The first kappa shape index (κ1) is 14.7. The van der Waals surface area contributed by atoms with E-state index in [9.17, 15) is 14.9 Å². The molecule has 0 aromatic carbocycles. The van der Waals surface area contributed by atoms with Crippen LogP contribution in [0.3, 0.4) is 0 Å². The quantitative estimate of drug-likeness (QED) is 0.194. The molecule has 0 saturated carbocycles. The smallest absolute Gasteiger partial charge is 0.322 e. The number of aryl methyl sites for hydroxylation is 1. The van der Waals surface area contributed by atoms with Crippen molar-refractivity contribution in [3.63, 3.8) is 0 Å². The number of aromatic amines is 1. The molecule has 0 aliphatic carbocycles. The highest BCUT2D eigenvalue weighted by Gasteiger charge is 2.23. The van der Waals surface area contributed by atoms with Gasteiger partial charge >= 0.3 is 5.69 Å². The fourth-order valence-electron chi connectivity index (χ4n) is 1.48. The summed E-state index contributed by atoms with van der Waals surface area (Å²) in [6.45, 7) is 1.44. The van der Waals surface area contributed by atoms with Crippen LogP contribution in [-0.4, -0.2) is 24.9 Å². The molecule has 6 N–H and O–H groups in total. The topological polar surface area (TPSA) is 179 Å². The number of H-pyrrole nitrogens is 1. The van der Waals surface area contributed by atoms with Crippen LogP contribution in [-0.2, 0) is 0 Å². The van der Waals surface area contributed by atoms with Crippen LogP contribution in [0.1, 0.15) is 5.69 Å². The van der Waals surface area contributed by atoms with E-state index in [1.807, 2.05) is 0 Å². The van der Waals surface area contributed by atoms with E-state index in [0.717, 1.165) is 17.8 Å². The third-order valence-corrected chi connectivity index (χ3v) is 3.14. The standard InChI is InChI=1S/C9H10N8O3S/c1-3-6(17(19)20)7(15-8(12-3)16-11)21-9-13-4(10)2-5(18)14-9/h2H,11H2,1H3,(H,12,15,16)(H3,10,13,14,18). The molecule has 110 valence electrons. The third-order valence-electron chi connectivity index (χ3n) is 2.27. The van der Waals surface area contributed by atoms with Crippen molar-refractivity contribution in [1.29, 1.82) is 0 Å². The minimum absolute atomic E-state index is 0.00634. The molecule has 0 unspecified atom stereocenters. The Morgan fingerprint density at radius 3 is 2.71 bits per heavy atom. The molecule has 0 fully saturated rings. The fourth-order valence-corrected chi connectivity index (χ4v) is 2.42. The van der Waals surface area contributed by atoms with E-state index in [0.29, 0.717) is 0 Å². The highest BCUT2D eigenvalue weighted by molar-refractivity contribution is 7.99. The summed E-state index contributed by atoms with van der Waals surface area (Å²) >= 11 is 0.780. The normalized spacial score (nSPS) is 10.4. The second-order valence-corrected chi connectivity index (χ2v) is 4.74. The van der Waals surface area contributed by atoms with Gasteiger partial charge in [-0.3, -0.25) is 20.3 Å². The van der Waals surface area contributed by atoms with E-state index in [2.05, 4.69) is 25.4 Å². The number of nitrogen functional groups attached to an aromatic ring is 2. The average molecular weight is 310 g/mol. The summed E-state index contributed by atoms with van der Waals surface area (Å²) in [5, 5.41) is 11.2. The Labute approximate surface area is 121 Å². The lowest BCUT2D eigenvalue weighted by Crippen LogP contribution is -2.13. The van der Waals surface area contributed by atoms with Gasteiger partial charge in [0.1, 0.15) is 11.5 Å². The number of nitrogens with zero attached hydrogens (tertiary/aromatic N) is 4. The van der Waals surface area contributed by atoms with Crippen LogP contribution in [0.25, 0.3) is 0 Å². The molecular formula is C9H10N8O3S. The zero-order chi connectivity index (χ0) is 15.6. The minimum Gasteiger partial charge on any atom is -0.383 e. The van der Waals surface area contributed by atoms with Gasteiger partial charge in [-0.25, -0.2) is 15.8 Å². The Hall–Kier alpha value is -2.73. The first-order valence-electron chi connectivity index (χ1n) is 5.45. The minimum atomic E-state index is -0.623. The van der Waals surface area contributed by atoms with Crippen LogP contribution in [0.15, 0.2) is 21.0 Å². The molecular weight excluding hydrogens is 300 g/mol. The molecule has 0 radical (unpaired) electrons. The molecule has 0 bridgehead atoms. The molecule has 2 aromatic heterocycles. The van der Waals surface area contributed by atoms with Gasteiger partial charge in [-0.2, -0.15) is 4.98 Å². The molecule has 11 nitrogen and oxygen atoms in total. The Balaban J connectivity index is 2.53. The summed E-state index contributed by atoms with van der Waals surface area (Å²) in [4.78, 5) is 35.8. The molecule has 0 spiro atoms. The lowest BCUT2D eigenvalue weighted by molar-refractivity contribution is -0.389. The predicted octanol–water partition coefficient (Wildman–Crippen LogP) is -0.204. The van der Waals surface area contributed by atoms with E-state index in [1.54, 1.807) is 0 Å². The summed E-state index contributed by atoms with van der Waals surface area (Å²) in [7, 11) is 0. The number of hydrazine groups is 1. The first-order chi connectivity index (χ1) is 9.90. The largest absolute Gasteiger partial charge is 0.383 e. The van der Waals surface area contributed by atoms with Crippen molar-refractivity contribution in [1.82, 2.24) is 19.9 Å². The number of rotatable bonds is 4. The van der Waals surface area contributed by atoms with Crippen molar-refractivity contribution in [2.45, 2.75) is 17.1 Å². The van der Waals surface area contributed by atoms with Crippen molar-refractivity contribution >= 4 is 29.2 Å². The van der Waals surface area contributed by atoms with Crippen LogP contribution in [0.4, 0.5) is 17.5 Å². The average Bonchev–Trinajstić information content (AvgIpc) is 2.36. The first-order valence-corrected chi connectivity index (χ1v) is 6.26. The SMILES string of the molecule is Cc1nc(NN)nc(Sc2nc(N)cc(=O)[nH]2)c1[N+](=O)[O-]. The summed E-state index contributed by atoms with van der Waals surface area (Å²) in [6.07, 6.45) is 0. The lowest BCUT2D eigenvalue weighted by Gasteiger charge is -2.06. The summed E-state index contributed by atoms with van der Waals surface area (Å²) in [5.74, 6) is 5.21. The maximum absolute atomic E-state index is 11.3. The zero-order valence-electron chi connectivity index (χ0n) is 10.7. The Morgan fingerprint density at radius 2 is 2.14 bits per heavy atom. The Morgan fingerprint density at radius 1 is 1.43 bits per heavy atom. The molecule has 2 aromatic rings. The molecule has 0 amide bonds. The number of nitro groups is 1. The van der Waals surface area contributed by atoms with Gasteiger partial charge in [0.25, 0.3) is 5.56 Å². The molecule has 12 heteroatoms. The van der Waals surface area contributed by atoms with E-state index in [4.69, 9.17) is 11.6 Å². The van der Waals surface area contributed by atoms with Crippen molar-refractivity contribution < 1.29 is 4.92 Å². The monoisotopic (exact) mass is 310 g/mol. The van der Waals surface area contributed by atoms with E-state index < -0.39 is 10.5 Å². The fraction of sp³-hybridized carbons (Fsp3) is 0.111. The highest BCUT2D eigenvalue weighted by atomic mass is 32.2. The number of hydrogen-bond acceptors (Lipinski definition) is 10. The molecule has 0 atom stereocenters. The molecule has 21 heavy (non-hydrogen) atoms. The number of aromatic nitrogens is 4. The molecule has 0 aliphatic rings. The second-order valence-electron chi connectivity index (χ2n) is 3.77. The van der Waals surface area contributed by atoms with E-state index >= 15 is 0 Å². The summed E-state index contributed by atoms with van der Waals surface area (Å²) in [5.41, 5.74) is 7.01. The summed E-state index contributed by atoms with van der Waals surface area (Å²) < 4.78 is 0. The van der Waals surface area contributed by atoms with E-state index in [-0.39, 0.29) is 33.3 Å². The maximum atomic E-state index is 11.3. The van der Waals surface area contributed by atoms with Crippen LogP contribution < -0.4 is 22.6 Å². The van der Waals surface area contributed by atoms with E-state index in [1.165, 1.54) is 6.92 Å². The Bertz CT molecular complexity index is 761. The number of nitrogens with one attached hydrogen (secondary N) is 2. The van der Waals surface area contributed by atoms with Gasteiger partial charge < -0.3 is 10.7 Å². The molecule has 2 rings (SSSR count). The summed E-state index contributed by atoms with van der Waals surface area (Å²) in [6, 6.07) is 1.09. The van der Waals surface area contributed by atoms with Gasteiger partial charge in [0.15, 0.2) is 10.2 Å². The Kier molecular flexibility index (Phi) is 4.00. The second kappa shape index (κ2) is 5.72. The highest BCUT2D eigenvalue weighted by Crippen LogP contribution is 2.33. The number of hydrogen-bond donors (Lipinski definition) is 4. The van der Waals surface area contributed by atoms with Crippen LogP contribution >= 0.6 is 11.8 Å². The maximum Gasteiger partial charge on any atom is 0.322 e. The van der Waals surface area contributed by atoms with Crippen molar-refractivity contribution in [2.24, 2.45) is 5.84 Å². The van der Waals surface area contributed by atoms with Crippen LogP contribution in [0.2, 0.25) is 0 Å². The van der Waals surface area contributed by atoms with Gasteiger partial charge in [0.2, 0.25) is 5.95 Å².